The molecule has 1 saturated heterocycles. The number of hydrogen-bond acceptors (Lipinski definition) is 7. The van der Waals surface area contributed by atoms with Gasteiger partial charge in [0.05, 0.1) is 24.2 Å². The van der Waals surface area contributed by atoms with Crippen molar-refractivity contribution < 1.29 is 39.8 Å². The minimum absolute atomic E-state index is 0.0109. The highest BCUT2D eigenvalue weighted by atomic mass is 16.7. The molecule has 44 heavy (non-hydrogen) atoms. The molecule has 5 N–H and O–H groups in total. The number of fused-ring (bicyclic) bond motifs is 7. The molecule has 0 aromatic rings. The Morgan fingerprint density at radius 3 is 2.25 bits per heavy atom. The molecule has 6 aliphatic rings. The van der Waals surface area contributed by atoms with Gasteiger partial charge in [0, 0.05) is 5.41 Å². The van der Waals surface area contributed by atoms with Crippen LogP contribution in [0.25, 0.3) is 0 Å². The minimum atomic E-state index is -1.37. The lowest BCUT2D eigenvalue weighted by Gasteiger charge is -2.71. The highest BCUT2D eigenvalue weighted by Crippen LogP contribution is 2.76. The van der Waals surface area contributed by atoms with E-state index < -0.39 is 47.5 Å². The van der Waals surface area contributed by atoms with Crippen LogP contribution in [0.4, 0.5) is 0 Å². The molecule has 0 aromatic heterocycles. The average molecular weight is 619 g/mol. The van der Waals surface area contributed by atoms with Crippen LogP contribution in [0.5, 0.6) is 0 Å². The van der Waals surface area contributed by atoms with Crippen LogP contribution in [0.1, 0.15) is 113 Å². The fourth-order valence-electron chi connectivity index (χ4n) is 12.1. The second-order valence-corrected chi connectivity index (χ2v) is 17.7. The molecular weight excluding hydrogens is 560 g/mol. The van der Waals surface area contributed by atoms with Gasteiger partial charge in [-0.2, -0.15) is 0 Å². The fraction of sp³-hybridized carbons (Fsp3) is 0.917. The van der Waals surface area contributed by atoms with Crippen molar-refractivity contribution >= 4 is 5.97 Å². The Balaban J connectivity index is 1.32. The molecule has 0 bridgehead atoms. The van der Waals surface area contributed by atoms with E-state index in [1.807, 2.05) is 0 Å². The third kappa shape index (κ3) is 4.33. The van der Waals surface area contributed by atoms with Crippen LogP contribution in [-0.2, 0) is 14.3 Å². The van der Waals surface area contributed by atoms with Crippen molar-refractivity contribution in [2.45, 2.75) is 149 Å². The summed E-state index contributed by atoms with van der Waals surface area (Å²) in [6.45, 7) is 15.7. The fourth-order valence-corrected chi connectivity index (χ4v) is 12.1. The SMILES string of the molecule is C[C@@H]1O[C@@H](O[C@H]2CC[C@@]3(C)[C@@H](CC[C@]4(C)[C@@H]3CC=C3[C@@H]5CC(C)(C)CC[C@]5(C(=O)O)CC[C@]34C)[C@]2(C)CO)[C@H](O)[C@H](O)[C@H]1O. The van der Waals surface area contributed by atoms with Crippen molar-refractivity contribution in [1.82, 2.24) is 0 Å². The molecule has 1 heterocycles. The van der Waals surface area contributed by atoms with Crippen LogP contribution in [0.15, 0.2) is 11.6 Å². The first kappa shape index (κ1) is 32.9. The van der Waals surface area contributed by atoms with Gasteiger partial charge in [-0.25, -0.2) is 0 Å². The van der Waals surface area contributed by atoms with Crippen molar-refractivity contribution in [3.8, 4) is 0 Å². The first-order chi connectivity index (χ1) is 20.4. The lowest BCUT2D eigenvalue weighted by Crippen LogP contribution is -2.67. The van der Waals surface area contributed by atoms with E-state index in [9.17, 15) is 30.3 Å². The zero-order valence-electron chi connectivity index (χ0n) is 28.0. The molecule has 5 aliphatic carbocycles. The summed E-state index contributed by atoms with van der Waals surface area (Å²) in [5, 5.41) is 53.0. The normalized spacial score (nSPS) is 55.1. The number of carbonyl (C=O) groups is 1. The summed E-state index contributed by atoms with van der Waals surface area (Å²) in [6.07, 6.45) is 5.22. The van der Waals surface area contributed by atoms with Gasteiger partial charge in [-0.3, -0.25) is 4.79 Å². The largest absolute Gasteiger partial charge is 0.481 e. The number of carboxylic acid groups (broad SMARTS) is 1. The number of rotatable bonds is 4. The van der Waals surface area contributed by atoms with Gasteiger partial charge >= 0.3 is 5.97 Å². The van der Waals surface area contributed by atoms with E-state index in [0.29, 0.717) is 12.3 Å². The zero-order valence-corrected chi connectivity index (χ0v) is 28.0. The van der Waals surface area contributed by atoms with Crippen LogP contribution in [0.3, 0.4) is 0 Å². The van der Waals surface area contributed by atoms with Gasteiger partial charge in [0.15, 0.2) is 6.29 Å². The van der Waals surface area contributed by atoms with Crippen molar-refractivity contribution in [2.75, 3.05) is 6.61 Å². The zero-order chi connectivity index (χ0) is 32.3. The van der Waals surface area contributed by atoms with E-state index in [2.05, 4.69) is 47.6 Å². The van der Waals surface area contributed by atoms with E-state index in [4.69, 9.17) is 9.47 Å². The quantitative estimate of drug-likeness (QED) is 0.218. The Morgan fingerprint density at radius 2 is 1.59 bits per heavy atom. The van der Waals surface area contributed by atoms with E-state index in [1.165, 1.54) is 5.57 Å². The molecule has 14 atom stereocenters. The standard InChI is InChI=1S/C36H58O8/c1-20-26(38)27(39)28(40)29(43-20)44-25-11-12-32(4)23(33(25,5)19-37)10-13-35(7)24(32)9-8-21-22-18-31(2,3)14-16-36(22,30(41)42)17-15-34(21,35)6/h8,20,22-29,37-40H,9-19H2,1-7H3,(H,41,42)/t20-,22-,23+,24+,25-,26-,27+,28+,29-,32-,33-,34+,35+,36-/m0/s1. The molecule has 0 spiro atoms. The number of allylic oxidation sites excluding steroid dienone is 2. The van der Waals surface area contributed by atoms with Gasteiger partial charge in [-0.05, 0) is 111 Å². The van der Waals surface area contributed by atoms with Crippen molar-refractivity contribution in [3.63, 3.8) is 0 Å². The molecule has 4 saturated carbocycles. The molecule has 8 nitrogen and oxygen atoms in total. The number of carboxylic acids is 1. The summed E-state index contributed by atoms with van der Waals surface area (Å²) in [6, 6.07) is 0. The van der Waals surface area contributed by atoms with Crippen molar-refractivity contribution in [1.29, 1.82) is 0 Å². The lowest BCUT2D eigenvalue weighted by atomic mass is 9.33. The van der Waals surface area contributed by atoms with Crippen LogP contribution in [0, 0.1) is 50.2 Å². The maximum absolute atomic E-state index is 12.9. The second-order valence-electron chi connectivity index (χ2n) is 17.7. The Bertz CT molecular complexity index is 1180. The molecule has 0 aromatic carbocycles. The maximum Gasteiger partial charge on any atom is 0.310 e. The summed E-state index contributed by atoms with van der Waals surface area (Å²) in [5.41, 5.74) is 0.201. The summed E-state index contributed by atoms with van der Waals surface area (Å²) < 4.78 is 12.3. The lowest BCUT2D eigenvalue weighted by molar-refractivity contribution is -0.328. The summed E-state index contributed by atoms with van der Waals surface area (Å²) >= 11 is 0. The van der Waals surface area contributed by atoms with Crippen LogP contribution < -0.4 is 0 Å². The van der Waals surface area contributed by atoms with Crippen LogP contribution in [-0.4, -0.2) is 74.9 Å². The first-order valence-electron chi connectivity index (χ1n) is 17.3. The molecule has 8 heteroatoms. The molecule has 1 aliphatic heterocycles. The molecular formula is C36H58O8. The topological polar surface area (TPSA) is 137 Å². The Hall–Kier alpha value is -1.03. The van der Waals surface area contributed by atoms with Crippen LogP contribution in [0.2, 0.25) is 0 Å². The molecule has 250 valence electrons. The number of aliphatic hydroxyl groups excluding tert-OH is 4. The molecule has 5 fully saturated rings. The summed E-state index contributed by atoms with van der Waals surface area (Å²) in [4.78, 5) is 12.9. The van der Waals surface area contributed by atoms with Gasteiger partial charge in [-0.1, -0.05) is 53.2 Å². The maximum atomic E-state index is 12.9. The monoisotopic (exact) mass is 618 g/mol. The van der Waals surface area contributed by atoms with Gasteiger partial charge in [-0.15, -0.1) is 0 Å². The number of aliphatic carboxylic acids is 1. The number of ether oxygens (including phenoxy) is 2. The van der Waals surface area contributed by atoms with Crippen molar-refractivity contribution in [3.05, 3.63) is 11.6 Å². The summed E-state index contributed by atoms with van der Waals surface area (Å²) in [5.74, 6) is 0.0383. The molecule has 6 rings (SSSR count). The third-order valence-corrected chi connectivity index (χ3v) is 15.3. The van der Waals surface area contributed by atoms with Gasteiger partial charge < -0.3 is 35.0 Å². The average Bonchev–Trinajstić information content (AvgIpc) is 2.96. The van der Waals surface area contributed by atoms with E-state index in [-0.39, 0.29) is 46.2 Å². The van der Waals surface area contributed by atoms with E-state index in [0.717, 1.165) is 57.8 Å². The summed E-state index contributed by atoms with van der Waals surface area (Å²) in [7, 11) is 0. The third-order valence-electron chi connectivity index (χ3n) is 15.3. The van der Waals surface area contributed by atoms with Crippen LogP contribution >= 0.6 is 0 Å². The number of aliphatic hydroxyl groups is 4. The van der Waals surface area contributed by atoms with Crippen molar-refractivity contribution in [2.24, 2.45) is 50.2 Å². The van der Waals surface area contributed by atoms with Gasteiger partial charge in [0.2, 0.25) is 0 Å². The predicted octanol–water partition coefficient (Wildman–Crippen LogP) is 5.06. The Labute approximate surface area is 263 Å². The van der Waals surface area contributed by atoms with Gasteiger partial charge in [0.25, 0.3) is 0 Å². The molecule has 0 radical (unpaired) electrons. The highest BCUT2D eigenvalue weighted by Gasteiger charge is 2.70. The second kappa shape index (κ2) is 10.5. The van der Waals surface area contributed by atoms with E-state index in [1.54, 1.807) is 6.92 Å². The first-order valence-corrected chi connectivity index (χ1v) is 17.3. The Morgan fingerprint density at radius 1 is 0.909 bits per heavy atom. The molecule has 0 amide bonds. The molecule has 0 unspecified atom stereocenters. The predicted molar refractivity (Wildman–Crippen MR) is 165 cm³/mol. The Kier molecular flexibility index (Phi) is 7.84. The number of hydrogen-bond donors (Lipinski definition) is 5. The smallest absolute Gasteiger partial charge is 0.310 e. The van der Waals surface area contributed by atoms with E-state index >= 15 is 0 Å². The van der Waals surface area contributed by atoms with Gasteiger partial charge in [0.1, 0.15) is 18.3 Å². The highest BCUT2D eigenvalue weighted by molar-refractivity contribution is 5.76. The minimum Gasteiger partial charge on any atom is -0.481 e.